The third-order valence-electron chi connectivity index (χ3n) is 1.69. The molecule has 0 spiro atoms. The van der Waals surface area contributed by atoms with E-state index in [1.807, 2.05) is 32.0 Å². The van der Waals surface area contributed by atoms with Crippen LogP contribution in [0.25, 0.3) is 0 Å². The maximum Gasteiger partial charge on any atom is 0.0350 e. The van der Waals surface area contributed by atoms with Crippen LogP contribution in [-0.2, 0) is 0 Å². The van der Waals surface area contributed by atoms with Gasteiger partial charge in [-0.15, -0.1) is 0 Å². The van der Waals surface area contributed by atoms with E-state index in [-0.39, 0.29) is 0 Å². The highest BCUT2D eigenvalue weighted by Gasteiger charge is 1.97. The van der Waals surface area contributed by atoms with Gasteiger partial charge in [-0.05, 0) is 31.0 Å². The first kappa shape index (κ1) is 8.21. The molecule has 2 heteroatoms. The fraction of sp³-hybridized carbons (Fsp3) is 0.222. The Morgan fingerprint density at radius 1 is 1.45 bits per heavy atom. The van der Waals surface area contributed by atoms with Crippen LogP contribution < -0.4 is 5.73 Å². The average molecular weight is 165 g/mol. The predicted molar refractivity (Wildman–Crippen MR) is 53.0 cm³/mol. The summed E-state index contributed by atoms with van der Waals surface area (Å²) in [7, 11) is 0. The van der Waals surface area contributed by atoms with E-state index in [1.165, 1.54) is 0 Å². The first-order valence-electron chi connectivity index (χ1n) is 3.48. The van der Waals surface area contributed by atoms with Crippen LogP contribution in [-0.4, -0.2) is 4.86 Å². The van der Waals surface area contributed by atoms with E-state index in [4.69, 9.17) is 18.0 Å². The van der Waals surface area contributed by atoms with E-state index in [9.17, 15) is 0 Å². The molecule has 0 saturated heterocycles. The van der Waals surface area contributed by atoms with Crippen molar-refractivity contribution in [2.24, 2.45) is 0 Å². The van der Waals surface area contributed by atoms with Crippen LogP contribution in [0.1, 0.15) is 18.1 Å². The largest absolute Gasteiger partial charge is 0.398 e. The Bertz CT molecular complexity index is 292. The van der Waals surface area contributed by atoms with Gasteiger partial charge < -0.3 is 5.73 Å². The normalized spacial score (nSPS) is 9.64. The summed E-state index contributed by atoms with van der Waals surface area (Å²) in [5.74, 6) is 0. The lowest BCUT2D eigenvalue weighted by Gasteiger charge is -2.02. The molecule has 2 N–H and O–H groups in total. The topological polar surface area (TPSA) is 26.0 Å². The number of hydrogen-bond donors (Lipinski definition) is 1. The van der Waals surface area contributed by atoms with Gasteiger partial charge in [0.15, 0.2) is 0 Å². The minimum absolute atomic E-state index is 0.812. The molecule has 0 unspecified atom stereocenters. The van der Waals surface area contributed by atoms with Gasteiger partial charge in [-0.25, -0.2) is 0 Å². The van der Waals surface area contributed by atoms with Crippen molar-refractivity contribution in [3.8, 4) is 0 Å². The highest BCUT2D eigenvalue weighted by Crippen LogP contribution is 2.13. The minimum Gasteiger partial charge on any atom is -0.398 e. The van der Waals surface area contributed by atoms with Gasteiger partial charge in [-0.2, -0.15) is 0 Å². The standard InChI is InChI=1S/C9H11NS/c1-6-3-4-8(7(2)11)5-9(6)10/h3-5H,10H2,1-2H3. The molecule has 0 bridgehead atoms. The number of aryl methyl sites for hydroxylation is 1. The molecule has 0 aromatic heterocycles. The Kier molecular flexibility index (Phi) is 2.25. The zero-order chi connectivity index (χ0) is 8.43. The van der Waals surface area contributed by atoms with E-state index in [0.717, 1.165) is 21.7 Å². The van der Waals surface area contributed by atoms with E-state index in [1.54, 1.807) is 0 Å². The van der Waals surface area contributed by atoms with Crippen molar-refractivity contribution in [1.29, 1.82) is 0 Å². The molecule has 0 atom stereocenters. The van der Waals surface area contributed by atoms with Crippen molar-refractivity contribution in [3.05, 3.63) is 29.3 Å². The number of anilines is 1. The molecule has 0 aliphatic rings. The Balaban J connectivity index is 3.15. The van der Waals surface area contributed by atoms with E-state index >= 15 is 0 Å². The van der Waals surface area contributed by atoms with Gasteiger partial charge in [-0.1, -0.05) is 24.4 Å². The highest BCUT2D eigenvalue weighted by atomic mass is 32.1. The van der Waals surface area contributed by atoms with E-state index in [2.05, 4.69) is 0 Å². The molecule has 1 nitrogen and oxygen atoms in total. The van der Waals surface area contributed by atoms with Gasteiger partial charge in [0.2, 0.25) is 0 Å². The first-order valence-corrected chi connectivity index (χ1v) is 3.89. The maximum absolute atomic E-state index is 5.70. The SMILES string of the molecule is CC(=S)c1ccc(C)c(N)c1. The number of nitrogen functional groups attached to an aromatic ring is 1. The molecule has 1 rings (SSSR count). The van der Waals surface area contributed by atoms with Crippen molar-refractivity contribution >= 4 is 22.8 Å². The lowest BCUT2D eigenvalue weighted by Crippen LogP contribution is -1.95. The second-order valence-electron chi connectivity index (χ2n) is 2.63. The van der Waals surface area contributed by atoms with Crippen LogP contribution in [0.15, 0.2) is 18.2 Å². The van der Waals surface area contributed by atoms with E-state index < -0.39 is 0 Å². The monoisotopic (exact) mass is 165 g/mol. The van der Waals surface area contributed by atoms with Crippen LogP contribution in [0.2, 0.25) is 0 Å². The molecule has 11 heavy (non-hydrogen) atoms. The fourth-order valence-corrected chi connectivity index (χ4v) is 0.986. The van der Waals surface area contributed by atoms with Crippen molar-refractivity contribution in [3.63, 3.8) is 0 Å². The lowest BCUT2D eigenvalue weighted by molar-refractivity contribution is 1.46. The molecular weight excluding hydrogens is 154 g/mol. The summed E-state index contributed by atoms with van der Waals surface area (Å²) in [4.78, 5) is 0.886. The Labute approximate surface area is 72.2 Å². The Morgan fingerprint density at radius 3 is 2.55 bits per heavy atom. The molecule has 58 valence electrons. The number of thiocarbonyl (C=S) groups is 1. The van der Waals surface area contributed by atoms with Crippen molar-refractivity contribution in [1.82, 2.24) is 0 Å². The molecule has 0 aliphatic heterocycles. The summed E-state index contributed by atoms with van der Waals surface area (Å²) in [6, 6.07) is 5.90. The van der Waals surface area contributed by atoms with Crippen LogP contribution >= 0.6 is 12.2 Å². The summed E-state index contributed by atoms with van der Waals surface area (Å²) in [6.07, 6.45) is 0. The molecule has 1 aromatic rings. The fourth-order valence-electron chi connectivity index (χ4n) is 0.859. The van der Waals surface area contributed by atoms with Gasteiger partial charge in [0.1, 0.15) is 0 Å². The number of benzene rings is 1. The molecule has 0 amide bonds. The quantitative estimate of drug-likeness (QED) is 0.392. The average Bonchev–Trinajstić information content (AvgIpc) is 1.94. The van der Waals surface area contributed by atoms with E-state index in [0.29, 0.717) is 0 Å². The maximum atomic E-state index is 5.70. The predicted octanol–water partition coefficient (Wildman–Crippen LogP) is 2.32. The van der Waals surface area contributed by atoms with Gasteiger partial charge >= 0.3 is 0 Å². The van der Waals surface area contributed by atoms with Crippen molar-refractivity contribution in [2.45, 2.75) is 13.8 Å². The van der Waals surface area contributed by atoms with Crippen LogP contribution in [0.5, 0.6) is 0 Å². The van der Waals surface area contributed by atoms with Crippen molar-refractivity contribution in [2.75, 3.05) is 5.73 Å². The highest BCUT2D eigenvalue weighted by molar-refractivity contribution is 7.80. The van der Waals surface area contributed by atoms with Crippen LogP contribution in [0.3, 0.4) is 0 Å². The Hall–Kier alpha value is -0.890. The molecule has 1 aromatic carbocycles. The molecule has 0 fully saturated rings. The molecule has 0 radical (unpaired) electrons. The summed E-state index contributed by atoms with van der Waals surface area (Å²) < 4.78 is 0. The number of rotatable bonds is 1. The summed E-state index contributed by atoms with van der Waals surface area (Å²) in [5, 5.41) is 0. The van der Waals surface area contributed by atoms with Crippen molar-refractivity contribution < 1.29 is 0 Å². The third-order valence-corrected chi connectivity index (χ3v) is 1.92. The third kappa shape index (κ3) is 1.77. The molecule has 0 saturated carbocycles. The zero-order valence-electron chi connectivity index (χ0n) is 6.72. The smallest absolute Gasteiger partial charge is 0.0350 e. The number of hydrogen-bond acceptors (Lipinski definition) is 2. The van der Waals surface area contributed by atoms with Crippen LogP contribution in [0, 0.1) is 6.92 Å². The first-order chi connectivity index (χ1) is 5.11. The lowest BCUT2D eigenvalue weighted by atomic mass is 10.1. The Morgan fingerprint density at radius 2 is 2.09 bits per heavy atom. The van der Waals surface area contributed by atoms with Gasteiger partial charge in [0, 0.05) is 10.6 Å². The second kappa shape index (κ2) is 3.01. The van der Waals surface area contributed by atoms with Gasteiger partial charge in [0.25, 0.3) is 0 Å². The summed E-state index contributed by atoms with van der Waals surface area (Å²) >= 11 is 5.01. The summed E-state index contributed by atoms with van der Waals surface area (Å²) in [5.41, 5.74) is 8.66. The number of nitrogens with two attached hydrogens (primary N) is 1. The van der Waals surface area contributed by atoms with Crippen LogP contribution in [0.4, 0.5) is 5.69 Å². The minimum atomic E-state index is 0.812. The second-order valence-corrected chi connectivity index (χ2v) is 3.24. The zero-order valence-corrected chi connectivity index (χ0v) is 7.53. The van der Waals surface area contributed by atoms with Gasteiger partial charge in [0.05, 0.1) is 0 Å². The molecular formula is C9H11NS. The van der Waals surface area contributed by atoms with Gasteiger partial charge in [-0.3, -0.25) is 0 Å². The summed E-state index contributed by atoms with van der Waals surface area (Å²) in [6.45, 7) is 3.89. The molecule has 0 aliphatic carbocycles. The molecule has 0 heterocycles.